The number of nitrogens with one attached hydrogen (secondary N) is 3. The molecule has 0 amide bonds. The van der Waals surface area contributed by atoms with Crippen molar-refractivity contribution in [3.63, 3.8) is 0 Å². The maximum absolute atomic E-state index is 14.4. The van der Waals surface area contributed by atoms with Gasteiger partial charge in [-0.05, 0) is 6.07 Å². The number of halogens is 2. The first-order valence-corrected chi connectivity index (χ1v) is 9.71. The number of benzene rings is 1. The Balaban J connectivity index is 1.54. The zero-order valence-electron chi connectivity index (χ0n) is 16.9. The first-order valence-electron chi connectivity index (χ1n) is 9.71. The maximum Gasteiger partial charge on any atom is 0.229 e. The topological polar surface area (TPSA) is 104 Å². The number of anilines is 4. The summed E-state index contributed by atoms with van der Waals surface area (Å²) in [6.07, 6.45) is 5.95. The molecule has 0 spiro atoms. The standard InChI is InChI=1S/C20H22F2N8O/c1-29-12-15(11-26-29)27-20-25-10-14(8-23)19(28-20)24-9-13-6-16(7-17(21)18(13)22)30-2-4-31-5-3-30/h6-8,10-12,23H,2-5,9H2,1H3,(H2,24,25,27,28). The van der Waals surface area contributed by atoms with Crippen LogP contribution in [-0.2, 0) is 18.3 Å². The van der Waals surface area contributed by atoms with Crippen LogP contribution in [0.2, 0.25) is 0 Å². The van der Waals surface area contributed by atoms with Gasteiger partial charge in [-0.15, -0.1) is 0 Å². The maximum atomic E-state index is 14.4. The highest BCUT2D eigenvalue weighted by Crippen LogP contribution is 2.24. The minimum absolute atomic E-state index is 0.00881. The number of morpholine rings is 1. The number of aromatic nitrogens is 4. The van der Waals surface area contributed by atoms with Gasteiger partial charge in [0.25, 0.3) is 0 Å². The van der Waals surface area contributed by atoms with Crippen LogP contribution in [0.3, 0.4) is 0 Å². The summed E-state index contributed by atoms with van der Waals surface area (Å²) < 4.78 is 35.6. The molecule has 1 aliphatic rings. The van der Waals surface area contributed by atoms with Crippen molar-refractivity contribution in [1.29, 1.82) is 5.41 Å². The smallest absolute Gasteiger partial charge is 0.229 e. The third kappa shape index (κ3) is 4.77. The van der Waals surface area contributed by atoms with Gasteiger partial charge in [-0.1, -0.05) is 0 Å². The van der Waals surface area contributed by atoms with Crippen molar-refractivity contribution in [3.8, 4) is 0 Å². The summed E-state index contributed by atoms with van der Waals surface area (Å²) in [7, 11) is 1.79. The van der Waals surface area contributed by atoms with Crippen LogP contribution in [0, 0.1) is 17.0 Å². The molecule has 1 saturated heterocycles. The van der Waals surface area contributed by atoms with Gasteiger partial charge >= 0.3 is 0 Å². The van der Waals surface area contributed by atoms with Crippen molar-refractivity contribution in [1.82, 2.24) is 19.7 Å². The third-order valence-corrected chi connectivity index (χ3v) is 4.84. The van der Waals surface area contributed by atoms with Crippen LogP contribution < -0.4 is 15.5 Å². The fourth-order valence-electron chi connectivity index (χ4n) is 3.26. The number of ether oxygens (including phenoxy) is 1. The van der Waals surface area contributed by atoms with E-state index >= 15 is 0 Å². The van der Waals surface area contributed by atoms with Crippen molar-refractivity contribution in [2.24, 2.45) is 7.05 Å². The summed E-state index contributed by atoms with van der Waals surface area (Å²) in [5, 5.41) is 17.7. The van der Waals surface area contributed by atoms with E-state index in [4.69, 9.17) is 10.1 Å². The Kier molecular flexibility index (Phi) is 6.03. The average Bonchev–Trinajstić information content (AvgIpc) is 3.19. The Morgan fingerprint density at radius 3 is 2.74 bits per heavy atom. The highest BCUT2D eigenvalue weighted by atomic mass is 19.2. The number of nitrogens with zero attached hydrogens (tertiary/aromatic N) is 5. The average molecular weight is 428 g/mol. The van der Waals surface area contributed by atoms with Crippen LogP contribution in [0.25, 0.3) is 0 Å². The van der Waals surface area contributed by atoms with Gasteiger partial charge in [0.2, 0.25) is 5.95 Å². The molecule has 11 heteroatoms. The van der Waals surface area contributed by atoms with E-state index in [2.05, 4.69) is 25.7 Å². The molecule has 162 valence electrons. The molecular weight excluding hydrogens is 406 g/mol. The SMILES string of the molecule is Cn1cc(Nc2ncc(C=N)c(NCc3cc(N4CCOCC4)cc(F)c3F)n2)cn1. The molecule has 1 aliphatic heterocycles. The lowest BCUT2D eigenvalue weighted by molar-refractivity contribution is 0.122. The summed E-state index contributed by atoms with van der Waals surface area (Å²) in [5.74, 6) is -1.21. The van der Waals surface area contributed by atoms with Crippen molar-refractivity contribution in [2.45, 2.75) is 6.54 Å². The zero-order valence-corrected chi connectivity index (χ0v) is 16.9. The van der Waals surface area contributed by atoms with Gasteiger partial charge in [-0.25, -0.2) is 13.8 Å². The quantitative estimate of drug-likeness (QED) is 0.497. The van der Waals surface area contributed by atoms with Gasteiger partial charge in [-0.2, -0.15) is 10.1 Å². The fraction of sp³-hybridized carbons (Fsp3) is 0.300. The van der Waals surface area contributed by atoms with Crippen molar-refractivity contribution >= 4 is 29.4 Å². The molecule has 0 bridgehead atoms. The molecule has 2 aromatic heterocycles. The molecular formula is C20H22F2N8O. The van der Waals surface area contributed by atoms with E-state index in [9.17, 15) is 8.78 Å². The van der Waals surface area contributed by atoms with Gasteiger partial charge < -0.3 is 25.7 Å². The summed E-state index contributed by atoms with van der Waals surface area (Å²) in [6.45, 7) is 2.31. The van der Waals surface area contributed by atoms with E-state index in [1.165, 1.54) is 12.3 Å². The molecule has 9 nitrogen and oxygen atoms in total. The van der Waals surface area contributed by atoms with Crippen LogP contribution in [-0.4, -0.2) is 52.3 Å². The minimum Gasteiger partial charge on any atom is -0.378 e. The summed E-state index contributed by atoms with van der Waals surface area (Å²) in [5.41, 5.74) is 1.88. The van der Waals surface area contributed by atoms with E-state index in [0.29, 0.717) is 49.1 Å². The minimum atomic E-state index is -0.913. The fourth-order valence-corrected chi connectivity index (χ4v) is 3.26. The first kappa shape index (κ1) is 20.7. The van der Waals surface area contributed by atoms with E-state index < -0.39 is 11.6 Å². The second kappa shape index (κ2) is 9.04. The van der Waals surface area contributed by atoms with Crippen LogP contribution >= 0.6 is 0 Å². The lowest BCUT2D eigenvalue weighted by atomic mass is 10.1. The Hall–Kier alpha value is -3.60. The van der Waals surface area contributed by atoms with Gasteiger partial charge in [0.1, 0.15) is 5.82 Å². The van der Waals surface area contributed by atoms with Crippen LogP contribution in [0.4, 0.5) is 31.9 Å². The third-order valence-electron chi connectivity index (χ3n) is 4.84. The molecule has 3 heterocycles. The van der Waals surface area contributed by atoms with Gasteiger partial charge in [0.05, 0.1) is 30.7 Å². The lowest BCUT2D eigenvalue weighted by Gasteiger charge is -2.29. The van der Waals surface area contributed by atoms with E-state index in [1.54, 1.807) is 30.2 Å². The molecule has 31 heavy (non-hydrogen) atoms. The Bertz CT molecular complexity index is 1080. The molecule has 0 atom stereocenters. The summed E-state index contributed by atoms with van der Waals surface area (Å²) in [4.78, 5) is 10.5. The van der Waals surface area contributed by atoms with Crippen molar-refractivity contribution < 1.29 is 13.5 Å². The normalized spacial score (nSPS) is 13.8. The molecule has 4 rings (SSSR count). The van der Waals surface area contributed by atoms with Crippen LogP contribution in [0.1, 0.15) is 11.1 Å². The first-order chi connectivity index (χ1) is 15.0. The number of aryl methyl sites for hydroxylation is 1. The number of rotatable bonds is 7. The predicted octanol–water partition coefficient (Wildman–Crippen LogP) is 2.68. The summed E-state index contributed by atoms with van der Waals surface area (Å²) >= 11 is 0. The second-order valence-corrected chi connectivity index (χ2v) is 7.02. The number of hydrogen-bond acceptors (Lipinski definition) is 8. The largest absolute Gasteiger partial charge is 0.378 e. The second-order valence-electron chi connectivity index (χ2n) is 7.02. The van der Waals surface area contributed by atoms with Gasteiger partial charge in [0, 0.05) is 62.6 Å². The molecule has 1 aromatic carbocycles. The van der Waals surface area contributed by atoms with Crippen molar-refractivity contribution in [2.75, 3.05) is 41.8 Å². The molecule has 0 unspecified atom stereocenters. The van der Waals surface area contributed by atoms with E-state index in [-0.39, 0.29) is 18.1 Å². The predicted molar refractivity (Wildman–Crippen MR) is 113 cm³/mol. The molecule has 0 aliphatic carbocycles. The Morgan fingerprint density at radius 1 is 1.23 bits per heavy atom. The Morgan fingerprint density at radius 2 is 2.03 bits per heavy atom. The van der Waals surface area contributed by atoms with Gasteiger partial charge in [-0.3, -0.25) is 4.68 Å². The molecule has 1 fully saturated rings. The van der Waals surface area contributed by atoms with Crippen molar-refractivity contribution in [3.05, 3.63) is 53.5 Å². The lowest BCUT2D eigenvalue weighted by Crippen LogP contribution is -2.36. The van der Waals surface area contributed by atoms with E-state index in [0.717, 1.165) is 6.21 Å². The monoisotopic (exact) mass is 428 g/mol. The van der Waals surface area contributed by atoms with Crippen LogP contribution in [0.15, 0.2) is 30.7 Å². The summed E-state index contributed by atoms with van der Waals surface area (Å²) in [6, 6.07) is 2.82. The molecule has 0 saturated carbocycles. The zero-order chi connectivity index (χ0) is 21.8. The highest BCUT2D eigenvalue weighted by molar-refractivity contribution is 5.84. The van der Waals surface area contributed by atoms with Crippen LogP contribution in [0.5, 0.6) is 0 Å². The van der Waals surface area contributed by atoms with Gasteiger partial charge in [0.15, 0.2) is 11.6 Å². The molecule has 3 aromatic rings. The highest BCUT2D eigenvalue weighted by Gasteiger charge is 2.17. The Labute approximate surface area is 177 Å². The molecule has 3 N–H and O–H groups in total. The molecule has 0 radical (unpaired) electrons. The number of hydrogen-bond donors (Lipinski definition) is 3. The van der Waals surface area contributed by atoms with E-state index in [1.807, 2.05) is 4.90 Å².